The highest BCUT2D eigenvalue weighted by Gasteiger charge is 2.04. The van der Waals surface area contributed by atoms with Gasteiger partial charge in [0.05, 0.1) is 6.04 Å². The van der Waals surface area contributed by atoms with Gasteiger partial charge in [0.15, 0.2) is 5.17 Å². The van der Waals surface area contributed by atoms with E-state index in [1.165, 1.54) is 11.1 Å². The molecule has 2 aromatic carbocycles. The molecule has 0 heterocycles. The van der Waals surface area contributed by atoms with Gasteiger partial charge in [0.2, 0.25) is 0 Å². The fourth-order valence-electron chi connectivity index (χ4n) is 1.77. The Labute approximate surface area is 132 Å². The van der Waals surface area contributed by atoms with Crippen LogP contribution in [0.15, 0.2) is 64.1 Å². The Bertz CT molecular complexity index is 567. The molecule has 104 valence electrons. The van der Waals surface area contributed by atoms with Crippen LogP contribution in [0.1, 0.15) is 24.1 Å². The molecule has 0 aliphatic heterocycles. The second-order valence-electron chi connectivity index (χ2n) is 4.47. The van der Waals surface area contributed by atoms with Gasteiger partial charge in [-0.1, -0.05) is 70.2 Å². The lowest BCUT2D eigenvalue weighted by Gasteiger charge is -2.08. The molecule has 2 nitrogen and oxygen atoms in total. The lowest BCUT2D eigenvalue weighted by molar-refractivity contribution is 0.822. The van der Waals surface area contributed by atoms with Crippen LogP contribution in [0.25, 0.3) is 0 Å². The van der Waals surface area contributed by atoms with E-state index in [1.807, 2.05) is 30.3 Å². The lowest BCUT2D eigenvalue weighted by Crippen LogP contribution is -2.08. The SMILES string of the molecule is C[C@@H](N=C(N)SCc1ccc(Br)cc1)c1ccccc1. The summed E-state index contributed by atoms with van der Waals surface area (Å²) in [7, 11) is 0. The minimum Gasteiger partial charge on any atom is -0.379 e. The van der Waals surface area contributed by atoms with E-state index in [4.69, 9.17) is 5.73 Å². The molecule has 0 aliphatic carbocycles. The molecule has 0 saturated heterocycles. The Morgan fingerprint density at radius 2 is 1.80 bits per heavy atom. The second-order valence-corrected chi connectivity index (χ2v) is 6.38. The Morgan fingerprint density at radius 3 is 2.45 bits per heavy atom. The van der Waals surface area contributed by atoms with Crippen molar-refractivity contribution < 1.29 is 0 Å². The standard InChI is InChI=1S/C16H17BrN2S/c1-12(14-5-3-2-4-6-14)19-16(18)20-11-13-7-9-15(17)10-8-13/h2-10,12H,11H2,1H3,(H2,18,19)/t12-/m1/s1. The molecule has 2 N–H and O–H groups in total. The molecule has 2 aromatic rings. The molecule has 4 heteroatoms. The third-order valence-corrected chi connectivity index (χ3v) is 4.31. The molecule has 0 radical (unpaired) electrons. The quantitative estimate of drug-likeness (QED) is 0.638. The molecule has 0 fully saturated rings. The minimum atomic E-state index is 0.0913. The van der Waals surface area contributed by atoms with Gasteiger partial charge >= 0.3 is 0 Å². The van der Waals surface area contributed by atoms with Crippen molar-refractivity contribution in [1.82, 2.24) is 0 Å². The molecule has 0 spiro atoms. The van der Waals surface area contributed by atoms with Crippen molar-refractivity contribution in [3.05, 3.63) is 70.2 Å². The Balaban J connectivity index is 1.92. The largest absolute Gasteiger partial charge is 0.379 e. The molecule has 0 bridgehead atoms. The van der Waals surface area contributed by atoms with Gasteiger partial charge in [0.25, 0.3) is 0 Å². The highest BCUT2D eigenvalue weighted by Crippen LogP contribution is 2.20. The van der Waals surface area contributed by atoms with E-state index in [0.29, 0.717) is 5.17 Å². The number of hydrogen-bond donors (Lipinski definition) is 1. The van der Waals surface area contributed by atoms with Crippen molar-refractivity contribution >= 4 is 32.9 Å². The van der Waals surface area contributed by atoms with E-state index in [2.05, 4.69) is 52.1 Å². The van der Waals surface area contributed by atoms with Crippen molar-refractivity contribution in [2.75, 3.05) is 0 Å². The van der Waals surface area contributed by atoms with Crippen LogP contribution in [0.4, 0.5) is 0 Å². The van der Waals surface area contributed by atoms with Crippen molar-refractivity contribution in [3.8, 4) is 0 Å². The van der Waals surface area contributed by atoms with E-state index in [1.54, 1.807) is 11.8 Å². The number of thioether (sulfide) groups is 1. The van der Waals surface area contributed by atoms with Crippen LogP contribution in [0, 0.1) is 0 Å². The van der Waals surface area contributed by atoms with Gasteiger partial charge in [-0.2, -0.15) is 0 Å². The molecule has 0 aliphatic rings. The molecule has 0 saturated carbocycles. The number of nitrogens with zero attached hydrogens (tertiary/aromatic N) is 1. The number of rotatable bonds is 4. The van der Waals surface area contributed by atoms with Crippen molar-refractivity contribution in [2.24, 2.45) is 10.7 Å². The summed E-state index contributed by atoms with van der Waals surface area (Å²) < 4.78 is 1.09. The molecular formula is C16H17BrN2S. The first-order valence-electron chi connectivity index (χ1n) is 6.40. The Morgan fingerprint density at radius 1 is 1.15 bits per heavy atom. The van der Waals surface area contributed by atoms with Gasteiger partial charge < -0.3 is 5.73 Å². The first-order chi connectivity index (χ1) is 9.65. The maximum Gasteiger partial charge on any atom is 0.154 e. The van der Waals surface area contributed by atoms with E-state index in [-0.39, 0.29) is 6.04 Å². The average molecular weight is 349 g/mol. The van der Waals surface area contributed by atoms with E-state index >= 15 is 0 Å². The van der Waals surface area contributed by atoms with Gasteiger partial charge in [-0.15, -0.1) is 0 Å². The molecule has 0 unspecified atom stereocenters. The number of halogens is 1. The molecule has 0 amide bonds. The second kappa shape index (κ2) is 7.50. The van der Waals surface area contributed by atoms with E-state index in [9.17, 15) is 0 Å². The first kappa shape index (κ1) is 15.1. The smallest absolute Gasteiger partial charge is 0.154 e. The number of aliphatic imine (C=N–C) groups is 1. The number of benzene rings is 2. The molecule has 20 heavy (non-hydrogen) atoms. The van der Waals surface area contributed by atoms with Crippen LogP contribution in [0.2, 0.25) is 0 Å². The number of nitrogens with two attached hydrogens (primary N) is 1. The first-order valence-corrected chi connectivity index (χ1v) is 8.18. The normalized spacial score (nSPS) is 13.2. The summed E-state index contributed by atoms with van der Waals surface area (Å²) in [4.78, 5) is 4.53. The molecule has 2 rings (SSSR count). The Hall–Kier alpha value is -1.26. The molecule has 1 atom stereocenters. The van der Waals surface area contributed by atoms with Crippen LogP contribution >= 0.6 is 27.7 Å². The minimum absolute atomic E-state index is 0.0913. The highest BCUT2D eigenvalue weighted by atomic mass is 79.9. The van der Waals surface area contributed by atoms with E-state index in [0.717, 1.165) is 10.2 Å². The molecular weight excluding hydrogens is 332 g/mol. The summed E-state index contributed by atoms with van der Waals surface area (Å²) in [5.74, 6) is 0.837. The van der Waals surface area contributed by atoms with Gasteiger partial charge in [0.1, 0.15) is 0 Å². The lowest BCUT2D eigenvalue weighted by atomic mass is 10.1. The Kier molecular flexibility index (Phi) is 5.68. The zero-order valence-corrected chi connectivity index (χ0v) is 13.7. The highest BCUT2D eigenvalue weighted by molar-refractivity contribution is 9.10. The zero-order chi connectivity index (χ0) is 14.4. The van der Waals surface area contributed by atoms with Gasteiger partial charge in [-0.25, -0.2) is 0 Å². The third kappa shape index (κ3) is 4.69. The third-order valence-electron chi connectivity index (χ3n) is 2.90. The van der Waals surface area contributed by atoms with E-state index < -0.39 is 0 Å². The summed E-state index contributed by atoms with van der Waals surface area (Å²) >= 11 is 5.00. The summed E-state index contributed by atoms with van der Waals surface area (Å²) in [6.45, 7) is 2.06. The van der Waals surface area contributed by atoms with Gasteiger partial charge in [-0.3, -0.25) is 4.99 Å². The fourth-order valence-corrected chi connectivity index (χ4v) is 2.78. The van der Waals surface area contributed by atoms with Gasteiger partial charge in [0, 0.05) is 10.2 Å². The number of hydrogen-bond acceptors (Lipinski definition) is 2. The predicted octanol–water partition coefficient (Wildman–Crippen LogP) is 4.76. The zero-order valence-electron chi connectivity index (χ0n) is 11.3. The van der Waals surface area contributed by atoms with Gasteiger partial charge in [-0.05, 0) is 30.2 Å². The summed E-state index contributed by atoms with van der Waals surface area (Å²) in [6, 6.07) is 18.5. The van der Waals surface area contributed by atoms with Crippen molar-refractivity contribution in [2.45, 2.75) is 18.7 Å². The number of amidine groups is 1. The topological polar surface area (TPSA) is 38.4 Å². The fraction of sp³-hybridized carbons (Fsp3) is 0.188. The maximum absolute atomic E-state index is 5.99. The summed E-state index contributed by atoms with van der Waals surface area (Å²) in [6.07, 6.45) is 0. The van der Waals surface area contributed by atoms with Crippen LogP contribution in [-0.2, 0) is 5.75 Å². The summed E-state index contributed by atoms with van der Waals surface area (Å²) in [5.41, 5.74) is 8.41. The van der Waals surface area contributed by atoms with Crippen LogP contribution in [-0.4, -0.2) is 5.17 Å². The molecule has 0 aromatic heterocycles. The predicted molar refractivity (Wildman–Crippen MR) is 91.9 cm³/mol. The summed E-state index contributed by atoms with van der Waals surface area (Å²) in [5, 5.41) is 0.629. The van der Waals surface area contributed by atoms with Crippen LogP contribution < -0.4 is 5.73 Å². The maximum atomic E-state index is 5.99. The monoisotopic (exact) mass is 348 g/mol. The van der Waals surface area contributed by atoms with Crippen LogP contribution in [0.5, 0.6) is 0 Å². The van der Waals surface area contributed by atoms with Crippen molar-refractivity contribution in [1.29, 1.82) is 0 Å². The van der Waals surface area contributed by atoms with Crippen molar-refractivity contribution in [3.63, 3.8) is 0 Å². The average Bonchev–Trinajstić information content (AvgIpc) is 2.47. The van der Waals surface area contributed by atoms with Crippen LogP contribution in [0.3, 0.4) is 0 Å².